The molecule has 0 amide bonds. The Hall–Kier alpha value is -1.68. The van der Waals surface area contributed by atoms with E-state index in [1.165, 1.54) is 12.1 Å². The van der Waals surface area contributed by atoms with Crippen LogP contribution in [0.4, 0.5) is 4.39 Å². The number of carbonyl (C=O) groups is 1. The second-order valence-corrected chi connectivity index (χ2v) is 3.90. The summed E-state index contributed by atoms with van der Waals surface area (Å²) in [5.41, 5.74) is 0.243. The van der Waals surface area contributed by atoms with Gasteiger partial charge in [0.15, 0.2) is 5.82 Å². The Kier molecular flexibility index (Phi) is 3.24. The zero-order chi connectivity index (χ0) is 12.4. The standard InChI is InChI=1S/C12H10ClFN2O/c1-2-16-6-5-15-12(16)11(17)8-3-4-9(13)10(14)7-8/h3-7H,2H2,1H3. The summed E-state index contributed by atoms with van der Waals surface area (Å²) < 4.78 is 15.0. The van der Waals surface area contributed by atoms with E-state index in [1.54, 1.807) is 17.0 Å². The third kappa shape index (κ3) is 2.22. The van der Waals surface area contributed by atoms with Gasteiger partial charge in [0.2, 0.25) is 5.78 Å². The Labute approximate surface area is 103 Å². The van der Waals surface area contributed by atoms with Crippen molar-refractivity contribution in [3.8, 4) is 0 Å². The summed E-state index contributed by atoms with van der Waals surface area (Å²) >= 11 is 5.56. The lowest BCUT2D eigenvalue weighted by Crippen LogP contribution is -2.10. The smallest absolute Gasteiger partial charge is 0.228 e. The van der Waals surface area contributed by atoms with Gasteiger partial charge in [-0.15, -0.1) is 0 Å². The van der Waals surface area contributed by atoms with Gasteiger partial charge in [0.25, 0.3) is 0 Å². The van der Waals surface area contributed by atoms with Crippen molar-refractivity contribution in [3.05, 3.63) is 52.8 Å². The van der Waals surface area contributed by atoms with Crippen LogP contribution < -0.4 is 0 Å². The maximum Gasteiger partial charge on any atom is 0.228 e. The fraction of sp³-hybridized carbons (Fsp3) is 0.167. The predicted molar refractivity (Wildman–Crippen MR) is 62.7 cm³/mol. The number of hydrogen-bond donors (Lipinski definition) is 0. The van der Waals surface area contributed by atoms with E-state index in [0.717, 1.165) is 6.07 Å². The fourth-order valence-corrected chi connectivity index (χ4v) is 1.66. The summed E-state index contributed by atoms with van der Waals surface area (Å²) in [6.45, 7) is 2.54. The fourth-order valence-electron chi connectivity index (χ4n) is 1.54. The van der Waals surface area contributed by atoms with Crippen molar-refractivity contribution in [2.75, 3.05) is 0 Å². The third-order valence-corrected chi connectivity index (χ3v) is 2.75. The highest BCUT2D eigenvalue weighted by Gasteiger charge is 2.15. The maximum absolute atomic E-state index is 13.3. The van der Waals surface area contributed by atoms with Gasteiger partial charge < -0.3 is 4.57 Å². The first-order valence-electron chi connectivity index (χ1n) is 5.14. The summed E-state index contributed by atoms with van der Waals surface area (Å²) in [6, 6.07) is 3.98. The Morgan fingerprint density at radius 2 is 2.29 bits per heavy atom. The average molecular weight is 253 g/mol. The number of imidazole rings is 1. The third-order valence-electron chi connectivity index (χ3n) is 2.44. The van der Waals surface area contributed by atoms with Gasteiger partial charge in [-0.2, -0.15) is 0 Å². The van der Waals surface area contributed by atoms with E-state index in [9.17, 15) is 9.18 Å². The molecule has 0 radical (unpaired) electrons. The van der Waals surface area contributed by atoms with Crippen molar-refractivity contribution in [2.24, 2.45) is 0 Å². The normalized spacial score (nSPS) is 10.5. The Morgan fingerprint density at radius 3 is 2.94 bits per heavy atom. The van der Waals surface area contributed by atoms with Crippen molar-refractivity contribution in [1.29, 1.82) is 0 Å². The van der Waals surface area contributed by atoms with Crippen LogP contribution in [0.25, 0.3) is 0 Å². The van der Waals surface area contributed by atoms with Crippen molar-refractivity contribution >= 4 is 17.4 Å². The van der Waals surface area contributed by atoms with Gasteiger partial charge in [-0.3, -0.25) is 4.79 Å². The topological polar surface area (TPSA) is 34.9 Å². The number of benzene rings is 1. The minimum Gasteiger partial charge on any atom is -0.328 e. The molecule has 0 fully saturated rings. The van der Waals surface area contributed by atoms with Gasteiger partial charge in [0.1, 0.15) is 5.82 Å². The highest BCUT2D eigenvalue weighted by atomic mass is 35.5. The Morgan fingerprint density at radius 1 is 1.53 bits per heavy atom. The van der Waals surface area contributed by atoms with Crippen LogP contribution in [0, 0.1) is 5.82 Å². The van der Waals surface area contributed by atoms with E-state index >= 15 is 0 Å². The molecule has 1 heterocycles. The number of hydrogen-bond acceptors (Lipinski definition) is 2. The number of halogens is 2. The number of aromatic nitrogens is 2. The number of rotatable bonds is 3. The molecule has 3 nitrogen and oxygen atoms in total. The number of nitrogens with zero attached hydrogens (tertiary/aromatic N) is 2. The van der Waals surface area contributed by atoms with Crippen molar-refractivity contribution in [1.82, 2.24) is 9.55 Å². The lowest BCUT2D eigenvalue weighted by Gasteiger charge is -2.04. The molecule has 0 bridgehead atoms. The first kappa shape index (κ1) is 11.8. The molecule has 0 spiro atoms. The van der Waals surface area contributed by atoms with Crippen molar-refractivity contribution in [2.45, 2.75) is 13.5 Å². The highest BCUT2D eigenvalue weighted by Crippen LogP contribution is 2.17. The number of carbonyl (C=O) groups excluding carboxylic acids is 1. The van der Waals surface area contributed by atoms with E-state index in [-0.39, 0.29) is 16.4 Å². The average Bonchev–Trinajstić information content (AvgIpc) is 2.80. The molecule has 0 saturated heterocycles. The molecule has 0 N–H and O–H groups in total. The van der Waals surface area contributed by atoms with Gasteiger partial charge in [-0.25, -0.2) is 9.37 Å². The molecule has 0 aliphatic rings. The van der Waals surface area contributed by atoms with E-state index < -0.39 is 5.82 Å². The van der Waals surface area contributed by atoms with E-state index in [1.807, 2.05) is 6.92 Å². The van der Waals surface area contributed by atoms with Crippen LogP contribution in [-0.4, -0.2) is 15.3 Å². The Balaban J connectivity index is 2.40. The molecular weight excluding hydrogens is 243 g/mol. The molecule has 0 unspecified atom stereocenters. The van der Waals surface area contributed by atoms with Gasteiger partial charge in [-0.1, -0.05) is 11.6 Å². The molecule has 0 aliphatic carbocycles. The molecule has 5 heteroatoms. The first-order valence-corrected chi connectivity index (χ1v) is 5.52. The van der Waals surface area contributed by atoms with Crippen LogP contribution in [0.3, 0.4) is 0 Å². The molecule has 0 atom stereocenters. The van der Waals surface area contributed by atoms with Crippen LogP contribution in [-0.2, 0) is 6.54 Å². The highest BCUT2D eigenvalue weighted by molar-refractivity contribution is 6.30. The molecule has 0 saturated carbocycles. The van der Waals surface area contributed by atoms with Crippen LogP contribution in [0.2, 0.25) is 5.02 Å². The van der Waals surface area contributed by atoms with Crippen LogP contribution >= 0.6 is 11.6 Å². The SMILES string of the molecule is CCn1ccnc1C(=O)c1ccc(Cl)c(F)c1. The predicted octanol–water partition coefficient (Wildman–Crippen LogP) is 2.93. The number of ketones is 1. The molecule has 1 aromatic heterocycles. The molecule has 17 heavy (non-hydrogen) atoms. The zero-order valence-corrected chi connectivity index (χ0v) is 9.91. The van der Waals surface area contributed by atoms with Gasteiger partial charge in [0, 0.05) is 24.5 Å². The van der Waals surface area contributed by atoms with E-state index in [2.05, 4.69) is 4.98 Å². The minimum absolute atomic E-state index is 0.000355. The second kappa shape index (κ2) is 4.67. The number of aryl methyl sites for hydroxylation is 1. The summed E-state index contributed by atoms with van der Waals surface area (Å²) in [7, 11) is 0. The summed E-state index contributed by atoms with van der Waals surface area (Å²) in [5.74, 6) is -0.617. The Bertz CT molecular complexity index is 565. The van der Waals surface area contributed by atoms with Gasteiger partial charge in [0.05, 0.1) is 5.02 Å². The van der Waals surface area contributed by atoms with E-state index in [0.29, 0.717) is 12.4 Å². The van der Waals surface area contributed by atoms with Crippen LogP contribution in [0.5, 0.6) is 0 Å². The second-order valence-electron chi connectivity index (χ2n) is 3.49. The van der Waals surface area contributed by atoms with Crippen molar-refractivity contribution < 1.29 is 9.18 Å². The van der Waals surface area contributed by atoms with Crippen molar-refractivity contribution in [3.63, 3.8) is 0 Å². The largest absolute Gasteiger partial charge is 0.328 e. The van der Waals surface area contributed by atoms with E-state index in [4.69, 9.17) is 11.6 Å². The summed E-state index contributed by atoms with van der Waals surface area (Å²) in [5, 5.41) is 0.000355. The summed E-state index contributed by atoms with van der Waals surface area (Å²) in [6.07, 6.45) is 3.25. The molecule has 2 aromatic rings. The minimum atomic E-state index is -0.605. The van der Waals surface area contributed by atoms with Gasteiger partial charge in [-0.05, 0) is 25.1 Å². The molecule has 2 rings (SSSR count). The molecule has 88 valence electrons. The van der Waals surface area contributed by atoms with Gasteiger partial charge >= 0.3 is 0 Å². The molecular formula is C12H10ClFN2O. The zero-order valence-electron chi connectivity index (χ0n) is 9.15. The monoisotopic (exact) mass is 252 g/mol. The summed E-state index contributed by atoms with van der Waals surface area (Å²) in [4.78, 5) is 16.0. The first-order chi connectivity index (χ1) is 8.13. The van der Waals surface area contributed by atoms with Crippen LogP contribution in [0.1, 0.15) is 23.1 Å². The molecule has 0 aliphatic heterocycles. The quantitative estimate of drug-likeness (QED) is 0.788. The maximum atomic E-state index is 13.3. The molecule has 1 aromatic carbocycles. The lowest BCUT2D eigenvalue weighted by molar-refractivity contribution is 0.102. The van der Waals surface area contributed by atoms with Crippen LogP contribution in [0.15, 0.2) is 30.6 Å². The lowest BCUT2D eigenvalue weighted by atomic mass is 10.1.